The molecule has 0 fully saturated rings. The Kier molecular flexibility index (Phi) is 4.00. The predicted molar refractivity (Wildman–Crippen MR) is 106 cm³/mol. The summed E-state index contributed by atoms with van der Waals surface area (Å²) in [6, 6.07) is 14.4. The third-order valence-electron chi connectivity index (χ3n) is 4.43. The lowest BCUT2D eigenvalue weighted by molar-refractivity contribution is 0.591. The van der Waals surface area contributed by atoms with Gasteiger partial charge in [-0.25, -0.2) is 9.97 Å². The minimum absolute atomic E-state index is 0.108. The first-order valence-electron chi connectivity index (χ1n) is 8.49. The van der Waals surface area contributed by atoms with Gasteiger partial charge in [-0.3, -0.25) is 4.98 Å². The van der Waals surface area contributed by atoms with E-state index in [1.165, 1.54) is 5.56 Å². The maximum Gasteiger partial charge on any atom is 0.155 e. The predicted octanol–water partition coefficient (Wildman–Crippen LogP) is 5.64. The number of nitrogens with zero attached hydrogens (tertiary/aromatic N) is 3. The van der Waals surface area contributed by atoms with Crippen molar-refractivity contribution in [3.8, 4) is 22.6 Å². The van der Waals surface area contributed by atoms with Crippen LogP contribution in [0.2, 0.25) is 5.15 Å². The van der Waals surface area contributed by atoms with E-state index in [0.29, 0.717) is 10.8 Å². The van der Waals surface area contributed by atoms with E-state index in [1.54, 1.807) is 12.4 Å². The van der Waals surface area contributed by atoms with E-state index < -0.39 is 0 Å². The average Bonchev–Trinajstić information content (AvgIpc) is 3.05. The van der Waals surface area contributed by atoms with Crippen molar-refractivity contribution >= 4 is 22.6 Å². The van der Waals surface area contributed by atoms with Crippen molar-refractivity contribution in [3.05, 3.63) is 65.6 Å². The Balaban J connectivity index is 1.70. The molecular formula is C21H19ClN4. The summed E-state index contributed by atoms with van der Waals surface area (Å²) in [4.78, 5) is 16.5. The van der Waals surface area contributed by atoms with E-state index in [0.717, 1.165) is 28.0 Å². The fraction of sp³-hybridized carbons (Fsp3) is 0.190. The number of rotatable bonds is 2. The van der Waals surface area contributed by atoms with Gasteiger partial charge in [0.2, 0.25) is 0 Å². The number of imidazole rings is 1. The summed E-state index contributed by atoms with van der Waals surface area (Å²) in [6.45, 7) is 6.63. The molecule has 2 aromatic carbocycles. The zero-order valence-electron chi connectivity index (χ0n) is 14.9. The minimum Gasteiger partial charge on any atom is -0.338 e. The number of benzene rings is 2. The lowest BCUT2D eigenvalue weighted by Crippen LogP contribution is -2.10. The number of aromatic nitrogens is 4. The summed E-state index contributed by atoms with van der Waals surface area (Å²) in [7, 11) is 0. The number of H-pyrrole nitrogens is 1. The number of halogens is 1. The summed E-state index contributed by atoms with van der Waals surface area (Å²) in [6.07, 6.45) is 3.22. The van der Waals surface area contributed by atoms with Crippen molar-refractivity contribution in [1.29, 1.82) is 0 Å². The van der Waals surface area contributed by atoms with Gasteiger partial charge in [-0.1, -0.05) is 62.7 Å². The molecule has 0 amide bonds. The fourth-order valence-corrected chi connectivity index (χ4v) is 3.13. The van der Waals surface area contributed by atoms with Gasteiger partial charge in [-0.05, 0) is 23.1 Å². The van der Waals surface area contributed by atoms with Gasteiger partial charge in [-0.2, -0.15) is 0 Å². The van der Waals surface area contributed by atoms with Crippen LogP contribution in [0.1, 0.15) is 26.3 Å². The van der Waals surface area contributed by atoms with Crippen LogP contribution in [0, 0.1) is 0 Å². The van der Waals surface area contributed by atoms with E-state index >= 15 is 0 Å². The van der Waals surface area contributed by atoms with Crippen molar-refractivity contribution in [2.75, 3.05) is 0 Å². The number of hydrogen-bond donors (Lipinski definition) is 1. The summed E-state index contributed by atoms with van der Waals surface area (Å²) in [5, 5.41) is 0.402. The van der Waals surface area contributed by atoms with Crippen LogP contribution in [-0.2, 0) is 5.41 Å². The van der Waals surface area contributed by atoms with Crippen molar-refractivity contribution < 1.29 is 0 Å². The fourth-order valence-electron chi connectivity index (χ4n) is 2.91. The van der Waals surface area contributed by atoms with E-state index in [2.05, 4.69) is 53.9 Å². The summed E-state index contributed by atoms with van der Waals surface area (Å²) >= 11 is 6.13. The first-order chi connectivity index (χ1) is 12.4. The molecule has 0 saturated carbocycles. The molecule has 0 spiro atoms. The molecule has 0 aliphatic heterocycles. The quantitative estimate of drug-likeness (QED) is 0.502. The average molecular weight is 363 g/mol. The van der Waals surface area contributed by atoms with Gasteiger partial charge < -0.3 is 4.98 Å². The van der Waals surface area contributed by atoms with Gasteiger partial charge in [0.15, 0.2) is 5.15 Å². The summed E-state index contributed by atoms with van der Waals surface area (Å²) in [5.74, 6) is 0.850. The van der Waals surface area contributed by atoms with Crippen LogP contribution in [0.15, 0.2) is 54.9 Å². The normalized spacial score (nSPS) is 11.8. The lowest BCUT2D eigenvalue weighted by Gasteiger charge is -2.18. The Morgan fingerprint density at radius 3 is 2.27 bits per heavy atom. The van der Waals surface area contributed by atoms with Crippen LogP contribution in [-0.4, -0.2) is 19.9 Å². The molecule has 0 saturated heterocycles. The topological polar surface area (TPSA) is 54.5 Å². The molecule has 130 valence electrons. The number of hydrogen-bond acceptors (Lipinski definition) is 3. The smallest absolute Gasteiger partial charge is 0.155 e. The highest BCUT2D eigenvalue weighted by Crippen LogP contribution is 2.29. The Bertz CT molecular complexity index is 1080. The largest absolute Gasteiger partial charge is 0.338 e. The molecule has 1 N–H and O–H groups in total. The van der Waals surface area contributed by atoms with E-state index in [9.17, 15) is 0 Å². The van der Waals surface area contributed by atoms with Crippen LogP contribution in [0.4, 0.5) is 0 Å². The monoisotopic (exact) mass is 362 g/mol. The molecule has 0 aliphatic carbocycles. The molecule has 26 heavy (non-hydrogen) atoms. The van der Waals surface area contributed by atoms with Crippen molar-refractivity contribution in [2.45, 2.75) is 26.2 Å². The third kappa shape index (κ3) is 3.08. The molecule has 4 nitrogen and oxygen atoms in total. The highest BCUT2D eigenvalue weighted by Gasteiger charge is 2.15. The molecule has 2 heterocycles. The lowest BCUT2D eigenvalue weighted by atomic mass is 9.87. The molecule has 0 radical (unpaired) electrons. The van der Waals surface area contributed by atoms with Gasteiger partial charge in [0.25, 0.3) is 0 Å². The highest BCUT2D eigenvalue weighted by molar-refractivity contribution is 6.31. The second-order valence-corrected chi connectivity index (χ2v) is 7.70. The first-order valence-corrected chi connectivity index (χ1v) is 8.87. The molecular weight excluding hydrogens is 344 g/mol. The first kappa shape index (κ1) is 16.7. The minimum atomic E-state index is 0.108. The second kappa shape index (κ2) is 6.22. The van der Waals surface area contributed by atoms with Crippen molar-refractivity contribution in [3.63, 3.8) is 0 Å². The SMILES string of the molecule is CC(C)(C)c1ccc2nc(-c3ccc(-c4nccnc4Cl)cc3)[nH]c2c1. The van der Waals surface area contributed by atoms with Crippen molar-refractivity contribution in [1.82, 2.24) is 19.9 Å². The van der Waals surface area contributed by atoms with Crippen molar-refractivity contribution in [2.24, 2.45) is 0 Å². The Morgan fingerprint density at radius 2 is 1.58 bits per heavy atom. The standard InChI is InChI=1S/C21H19ClN4/c1-21(2,3)15-8-9-16-17(12-15)26-20(25-16)14-6-4-13(5-7-14)18-19(22)24-11-10-23-18/h4-12H,1-3H3,(H,25,26). The number of aromatic amines is 1. The molecule has 4 aromatic rings. The van der Waals surface area contributed by atoms with E-state index in [-0.39, 0.29) is 5.41 Å². The zero-order chi connectivity index (χ0) is 18.3. The molecule has 5 heteroatoms. The van der Waals surface area contributed by atoms with E-state index in [4.69, 9.17) is 16.6 Å². The Morgan fingerprint density at radius 1 is 0.885 bits per heavy atom. The highest BCUT2D eigenvalue weighted by atomic mass is 35.5. The summed E-state index contributed by atoms with van der Waals surface area (Å²) < 4.78 is 0. The van der Waals surface area contributed by atoms with Gasteiger partial charge >= 0.3 is 0 Å². The van der Waals surface area contributed by atoms with Crippen LogP contribution >= 0.6 is 11.6 Å². The van der Waals surface area contributed by atoms with Gasteiger partial charge in [0.05, 0.1) is 11.0 Å². The number of nitrogens with one attached hydrogen (secondary N) is 1. The maximum atomic E-state index is 6.13. The second-order valence-electron chi connectivity index (χ2n) is 7.34. The van der Waals surface area contributed by atoms with Gasteiger partial charge in [-0.15, -0.1) is 0 Å². The summed E-state index contributed by atoms with van der Waals surface area (Å²) in [5.41, 5.74) is 6.03. The molecule has 0 bridgehead atoms. The maximum absolute atomic E-state index is 6.13. The Labute approximate surface area is 157 Å². The van der Waals surface area contributed by atoms with Gasteiger partial charge in [0, 0.05) is 23.5 Å². The van der Waals surface area contributed by atoms with Crippen LogP contribution in [0.3, 0.4) is 0 Å². The molecule has 2 aromatic heterocycles. The van der Waals surface area contributed by atoms with Crippen LogP contribution in [0.5, 0.6) is 0 Å². The molecule has 0 aliphatic rings. The van der Waals surface area contributed by atoms with Crippen LogP contribution < -0.4 is 0 Å². The molecule has 0 unspecified atom stereocenters. The van der Waals surface area contributed by atoms with Crippen LogP contribution in [0.25, 0.3) is 33.7 Å². The zero-order valence-corrected chi connectivity index (χ0v) is 15.7. The van der Waals surface area contributed by atoms with E-state index in [1.807, 2.05) is 24.3 Å². The molecule has 4 rings (SSSR count). The number of fused-ring (bicyclic) bond motifs is 1. The Hall–Kier alpha value is -2.72. The third-order valence-corrected chi connectivity index (χ3v) is 4.71. The van der Waals surface area contributed by atoms with Gasteiger partial charge in [0.1, 0.15) is 11.5 Å². The molecule has 0 atom stereocenters.